The van der Waals surface area contributed by atoms with E-state index in [4.69, 9.17) is 15.0 Å². The Balaban J connectivity index is 1.24. The molecule has 0 aliphatic heterocycles. The molecule has 0 aliphatic carbocycles. The Morgan fingerprint density at radius 3 is 0.455 bits per heavy atom. The van der Waals surface area contributed by atoms with Gasteiger partial charge in [-0.1, -0.05) is 179 Å². The molecule has 1 aromatic heterocycles. The summed E-state index contributed by atoms with van der Waals surface area (Å²) in [6.07, 6.45) is 0. The standard InChI is InChI=1S/C63H51N3/c1-40-7-19-46(20-8-40)52-31-53(47-21-9-41(2)10-22-47)35-58(34-52)61-64-62(59-36-54(48-23-11-42(3)12-24-48)32-55(37-59)49-25-13-43(4)14-26-49)66-63(65-61)60-38-56(50-27-15-44(5)16-28-50)33-57(39-60)51-29-17-45(6)18-30-51/h7-39H,1-6H3. The Morgan fingerprint density at radius 2 is 0.303 bits per heavy atom. The summed E-state index contributed by atoms with van der Waals surface area (Å²) < 4.78 is 0. The third kappa shape index (κ3) is 9.16. The molecule has 0 spiro atoms. The lowest BCUT2D eigenvalue weighted by Crippen LogP contribution is -2.01. The molecule has 0 N–H and O–H groups in total. The minimum absolute atomic E-state index is 0.604. The summed E-state index contributed by atoms with van der Waals surface area (Å²) in [6, 6.07) is 72.7. The average Bonchev–Trinajstić information content (AvgIpc) is 3.35. The van der Waals surface area contributed by atoms with Crippen LogP contribution in [0.5, 0.6) is 0 Å². The minimum Gasteiger partial charge on any atom is -0.208 e. The van der Waals surface area contributed by atoms with Crippen LogP contribution in [-0.4, -0.2) is 15.0 Å². The van der Waals surface area contributed by atoms with Gasteiger partial charge in [0.05, 0.1) is 0 Å². The highest BCUT2D eigenvalue weighted by molar-refractivity contribution is 5.85. The summed E-state index contributed by atoms with van der Waals surface area (Å²) in [5, 5.41) is 0. The van der Waals surface area contributed by atoms with Gasteiger partial charge in [0, 0.05) is 16.7 Å². The second-order valence-corrected chi connectivity index (χ2v) is 17.9. The average molecular weight is 850 g/mol. The maximum Gasteiger partial charge on any atom is 0.164 e. The van der Waals surface area contributed by atoms with E-state index in [0.717, 1.165) is 83.5 Å². The predicted octanol–water partition coefficient (Wildman–Crippen LogP) is 16.7. The zero-order chi connectivity index (χ0) is 45.3. The van der Waals surface area contributed by atoms with Crippen molar-refractivity contribution < 1.29 is 0 Å². The Bertz CT molecular complexity index is 2780. The molecule has 0 saturated carbocycles. The molecule has 0 amide bonds. The van der Waals surface area contributed by atoms with Gasteiger partial charge in [0.1, 0.15) is 0 Å². The van der Waals surface area contributed by atoms with Crippen molar-refractivity contribution in [1.29, 1.82) is 0 Å². The molecule has 10 aromatic rings. The molecule has 0 radical (unpaired) electrons. The second kappa shape index (κ2) is 17.9. The Morgan fingerprint density at radius 1 is 0.167 bits per heavy atom. The third-order valence-corrected chi connectivity index (χ3v) is 12.5. The first kappa shape index (κ1) is 42.0. The Labute approximate surface area is 389 Å². The van der Waals surface area contributed by atoms with Crippen molar-refractivity contribution in [3.63, 3.8) is 0 Å². The van der Waals surface area contributed by atoms with Crippen molar-refractivity contribution in [1.82, 2.24) is 15.0 Å². The van der Waals surface area contributed by atoms with E-state index in [2.05, 4.69) is 242 Å². The van der Waals surface area contributed by atoms with Gasteiger partial charge in [0.2, 0.25) is 0 Å². The number of hydrogen-bond donors (Lipinski definition) is 0. The van der Waals surface area contributed by atoms with E-state index in [9.17, 15) is 0 Å². The first-order chi connectivity index (χ1) is 32.1. The molecule has 1 heterocycles. The normalized spacial score (nSPS) is 11.2. The summed E-state index contributed by atoms with van der Waals surface area (Å²) in [7, 11) is 0. The summed E-state index contributed by atoms with van der Waals surface area (Å²) in [4.78, 5) is 16.4. The van der Waals surface area contributed by atoms with E-state index < -0.39 is 0 Å². The Kier molecular flexibility index (Phi) is 11.4. The molecule has 318 valence electrons. The molecule has 3 nitrogen and oxygen atoms in total. The van der Waals surface area contributed by atoms with Crippen molar-refractivity contribution in [2.75, 3.05) is 0 Å². The highest BCUT2D eigenvalue weighted by Gasteiger charge is 2.18. The van der Waals surface area contributed by atoms with Crippen LogP contribution in [0.1, 0.15) is 33.4 Å². The van der Waals surface area contributed by atoms with Crippen molar-refractivity contribution in [2.24, 2.45) is 0 Å². The van der Waals surface area contributed by atoms with Crippen molar-refractivity contribution in [3.8, 4) is 101 Å². The highest BCUT2D eigenvalue weighted by Crippen LogP contribution is 2.38. The van der Waals surface area contributed by atoms with Gasteiger partial charge in [-0.05, 0) is 163 Å². The maximum atomic E-state index is 5.45. The number of rotatable bonds is 9. The Hall–Kier alpha value is -8.01. The van der Waals surface area contributed by atoms with Crippen LogP contribution < -0.4 is 0 Å². The molecule has 0 saturated heterocycles. The fourth-order valence-corrected chi connectivity index (χ4v) is 8.51. The van der Waals surface area contributed by atoms with Gasteiger partial charge in [0.15, 0.2) is 17.5 Å². The lowest BCUT2D eigenvalue weighted by atomic mass is 9.94. The topological polar surface area (TPSA) is 38.7 Å². The van der Waals surface area contributed by atoms with E-state index in [1.807, 2.05) is 0 Å². The van der Waals surface area contributed by atoms with Crippen molar-refractivity contribution in [2.45, 2.75) is 41.5 Å². The second-order valence-electron chi connectivity index (χ2n) is 17.9. The minimum atomic E-state index is 0.604. The summed E-state index contributed by atoms with van der Waals surface area (Å²) in [6.45, 7) is 12.8. The van der Waals surface area contributed by atoms with Crippen molar-refractivity contribution in [3.05, 3.63) is 234 Å². The molecular formula is C63H51N3. The van der Waals surface area contributed by atoms with Crippen LogP contribution in [0.4, 0.5) is 0 Å². The maximum absolute atomic E-state index is 5.45. The number of aryl methyl sites for hydroxylation is 6. The molecule has 0 fully saturated rings. The largest absolute Gasteiger partial charge is 0.208 e. The van der Waals surface area contributed by atoms with Gasteiger partial charge in [0.25, 0.3) is 0 Å². The molecule has 0 aliphatic rings. The smallest absolute Gasteiger partial charge is 0.164 e. The number of nitrogens with zero attached hydrogens (tertiary/aromatic N) is 3. The fraction of sp³-hybridized carbons (Fsp3) is 0.0952. The van der Waals surface area contributed by atoms with E-state index in [1.54, 1.807) is 0 Å². The molecule has 0 atom stereocenters. The van der Waals surface area contributed by atoms with Gasteiger partial charge in [-0.3, -0.25) is 0 Å². The number of aromatic nitrogens is 3. The molecule has 66 heavy (non-hydrogen) atoms. The lowest BCUT2D eigenvalue weighted by molar-refractivity contribution is 1.07. The summed E-state index contributed by atoms with van der Waals surface area (Å²) >= 11 is 0. The van der Waals surface area contributed by atoms with Crippen molar-refractivity contribution >= 4 is 0 Å². The number of hydrogen-bond acceptors (Lipinski definition) is 3. The first-order valence-electron chi connectivity index (χ1n) is 22.7. The molecular weight excluding hydrogens is 799 g/mol. The third-order valence-electron chi connectivity index (χ3n) is 12.5. The zero-order valence-corrected chi connectivity index (χ0v) is 38.4. The molecule has 3 heteroatoms. The van der Waals surface area contributed by atoms with Crippen LogP contribution >= 0.6 is 0 Å². The quantitative estimate of drug-likeness (QED) is 0.145. The van der Waals surface area contributed by atoms with Gasteiger partial charge in [-0.15, -0.1) is 0 Å². The molecule has 0 unspecified atom stereocenters. The van der Waals surface area contributed by atoms with Gasteiger partial charge in [-0.2, -0.15) is 0 Å². The van der Waals surface area contributed by atoms with Gasteiger partial charge >= 0.3 is 0 Å². The van der Waals surface area contributed by atoms with Gasteiger partial charge in [-0.25, -0.2) is 15.0 Å². The molecule has 10 rings (SSSR count). The summed E-state index contributed by atoms with van der Waals surface area (Å²) in [5.41, 5.74) is 23.4. The van der Waals surface area contributed by atoms with Crippen LogP contribution in [-0.2, 0) is 0 Å². The lowest BCUT2D eigenvalue weighted by Gasteiger charge is -2.15. The van der Waals surface area contributed by atoms with E-state index in [1.165, 1.54) is 33.4 Å². The molecule has 0 bridgehead atoms. The highest BCUT2D eigenvalue weighted by atomic mass is 15.0. The predicted molar refractivity (Wildman–Crippen MR) is 277 cm³/mol. The van der Waals surface area contributed by atoms with Crippen LogP contribution in [0, 0.1) is 41.5 Å². The van der Waals surface area contributed by atoms with E-state index in [0.29, 0.717) is 17.5 Å². The van der Waals surface area contributed by atoms with Crippen LogP contribution in [0.15, 0.2) is 200 Å². The SMILES string of the molecule is Cc1ccc(-c2cc(-c3ccc(C)cc3)cc(-c3nc(-c4cc(-c5ccc(C)cc5)cc(-c5ccc(C)cc5)c4)nc(-c4cc(-c5ccc(C)cc5)cc(-c5ccc(C)cc5)c4)n3)c2)cc1. The number of benzene rings is 9. The fourth-order valence-electron chi connectivity index (χ4n) is 8.51. The monoisotopic (exact) mass is 849 g/mol. The van der Waals surface area contributed by atoms with Crippen LogP contribution in [0.25, 0.3) is 101 Å². The van der Waals surface area contributed by atoms with E-state index >= 15 is 0 Å². The first-order valence-corrected chi connectivity index (χ1v) is 22.7. The summed E-state index contributed by atoms with van der Waals surface area (Å²) in [5.74, 6) is 1.81. The van der Waals surface area contributed by atoms with Crippen LogP contribution in [0.3, 0.4) is 0 Å². The van der Waals surface area contributed by atoms with E-state index in [-0.39, 0.29) is 0 Å². The van der Waals surface area contributed by atoms with Crippen LogP contribution in [0.2, 0.25) is 0 Å². The molecule has 9 aromatic carbocycles. The van der Waals surface area contributed by atoms with Gasteiger partial charge < -0.3 is 0 Å². The zero-order valence-electron chi connectivity index (χ0n) is 38.4.